The molecule has 1 heterocycles. The fourth-order valence-electron chi connectivity index (χ4n) is 2.48. The van der Waals surface area contributed by atoms with E-state index in [1.165, 1.54) is 0 Å². The second-order valence-corrected chi connectivity index (χ2v) is 5.56. The van der Waals surface area contributed by atoms with Gasteiger partial charge >= 0.3 is 0 Å². The minimum atomic E-state index is -0.813. The predicted octanol–water partition coefficient (Wildman–Crippen LogP) is 2.00. The average Bonchev–Trinajstić information content (AvgIpc) is 2.35. The Morgan fingerprint density at radius 1 is 1.33 bits per heavy atom. The van der Waals surface area contributed by atoms with Crippen molar-refractivity contribution >= 4 is 0 Å². The predicted molar refractivity (Wildman–Crippen MR) is 72.5 cm³/mol. The van der Waals surface area contributed by atoms with Crippen LogP contribution < -0.4 is 0 Å². The molecule has 1 fully saturated rings. The Hall–Kier alpha value is -0.900. The Kier molecular flexibility index (Phi) is 4.05. The van der Waals surface area contributed by atoms with Gasteiger partial charge in [-0.25, -0.2) is 0 Å². The van der Waals surface area contributed by atoms with Gasteiger partial charge in [-0.15, -0.1) is 0 Å². The number of β-amino-alcohol motifs (C(OH)–C–C–N with tert-alkyl or cyclic N) is 1. The summed E-state index contributed by atoms with van der Waals surface area (Å²) in [6, 6.07) is 10.2. The lowest BCUT2D eigenvalue weighted by Crippen LogP contribution is -2.52. The van der Waals surface area contributed by atoms with Crippen LogP contribution in [-0.4, -0.2) is 41.8 Å². The average molecular weight is 249 g/mol. The van der Waals surface area contributed by atoms with Crippen molar-refractivity contribution in [1.29, 1.82) is 0 Å². The van der Waals surface area contributed by atoms with Gasteiger partial charge in [-0.1, -0.05) is 30.3 Å². The van der Waals surface area contributed by atoms with Gasteiger partial charge in [0.1, 0.15) is 0 Å². The SMILES string of the molecule is CC1CN(CC(C)(O)c2ccccc2)C(C)CO1. The van der Waals surface area contributed by atoms with Crippen molar-refractivity contribution < 1.29 is 9.84 Å². The minimum absolute atomic E-state index is 0.243. The summed E-state index contributed by atoms with van der Waals surface area (Å²) in [5.74, 6) is 0. The van der Waals surface area contributed by atoms with Crippen molar-refractivity contribution in [2.75, 3.05) is 19.7 Å². The Labute approximate surface area is 109 Å². The van der Waals surface area contributed by atoms with Gasteiger partial charge in [-0.3, -0.25) is 4.90 Å². The largest absolute Gasteiger partial charge is 0.384 e. The molecule has 3 unspecified atom stereocenters. The molecule has 1 aliphatic heterocycles. The van der Waals surface area contributed by atoms with Crippen molar-refractivity contribution in [2.45, 2.75) is 38.5 Å². The molecule has 0 saturated carbocycles. The van der Waals surface area contributed by atoms with Gasteiger partial charge in [0, 0.05) is 19.1 Å². The molecule has 0 amide bonds. The molecule has 3 heteroatoms. The molecular weight excluding hydrogens is 226 g/mol. The van der Waals surface area contributed by atoms with E-state index in [9.17, 15) is 5.11 Å². The zero-order chi connectivity index (χ0) is 13.2. The Bertz CT molecular complexity index is 377. The summed E-state index contributed by atoms with van der Waals surface area (Å²) in [4.78, 5) is 2.31. The third-order valence-electron chi connectivity index (χ3n) is 3.64. The van der Waals surface area contributed by atoms with E-state index in [1.807, 2.05) is 37.3 Å². The quantitative estimate of drug-likeness (QED) is 0.889. The van der Waals surface area contributed by atoms with Gasteiger partial charge in [0.2, 0.25) is 0 Å². The smallest absolute Gasteiger partial charge is 0.0994 e. The molecule has 100 valence electrons. The maximum atomic E-state index is 10.7. The van der Waals surface area contributed by atoms with Crippen LogP contribution in [0.1, 0.15) is 26.3 Å². The van der Waals surface area contributed by atoms with Gasteiger partial charge < -0.3 is 9.84 Å². The number of ether oxygens (including phenoxy) is 1. The van der Waals surface area contributed by atoms with E-state index in [-0.39, 0.29) is 6.10 Å². The molecule has 0 radical (unpaired) electrons. The summed E-state index contributed by atoms with van der Waals surface area (Å²) in [6.45, 7) is 8.38. The van der Waals surface area contributed by atoms with Crippen LogP contribution in [0.4, 0.5) is 0 Å². The molecule has 1 N–H and O–H groups in total. The van der Waals surface area contributed by atoms with E-state index in [0.29, 0.717) is 12.6 Å². The molecule has 2 rings (SSSR count). The summed E-state index contributed by atoms with van der Waals surface area (Å²) in [5, 5.41) is 10.7. The fourth-order valence-corrected chi connectivity index (χ4v) is 2.48. The Balaban J connectivity index is 2.07. The van der Waals surface area contributed by atoms with Gasteiger partial charge in [-0.2, -0.15) is 0 Å². The van der Waals surface area contributed by atoms with Gasteiger partial charge in [0.25, 0.3) is 0 Å². The third kappa shape index (κ3) is 3.10. The monoisotopic (exact) mass is 249 g/mol. The molecule has 1 saturated heterocycles. The molecule has 1 aromatic rings. The number of benzene rings is 1. The first-order valence-corrected chi connectivity index (χ1v) is 6.62. The first-order valence-electron chi connectivity index (χ1n) is 6.62. The van der Waals surface area contributed by atoms with Gasteiger partial charge in [0.15, 0.2) is 0 Å². The molecule has 0 spiro atoms. The van der Waals surface area contributed by atoms with Crippen molar-refractivity contribution in [3.8, 4) is 0 Å². The number of aliphatic hydroxyl groups is 1. The van der Waals surface area contributed by atoms with Crippen LogP contribution in [0, 0.1) is 0 Å². The van der Waals surface area contributed by atoms with Crippen LogP contribution in [0.5, 0.6) is 0 Å². The standard InChI is InChI=1S/C15H23NO2/c1-12-10-18-13(2)9-16(12)11-15(3,17)14-7-5-4-6-8-14/h4-8,12-13,17H,9-11H2,1-3H3. The summed E-state index contributed by atoms with van der Waals surface area (Å²) >= 11 is 0. The van der Waals surface area contributed by atoms with Gasteiger partial charge in [-0.05, 0) is 26.3 Å². The van der Waals surface area contributed by atoms with Crippen LogP contribution in [0.2, 0.25) is 0 Å². The number of nitrogens with zero attached hydrogens (tertiary/aromatic N) is 1. The van der Waals surface area contributed by atoms with E-state index in [0.717, 1.165) is 18.7 Å². The van der Waals surface area contributed by atoms with Crippen LogP contribution in [0.15, 0.2) is 30.3 Å². The van der Waals surface area contributed by atoms with Crippen LogP contribution >= 0.6 is 0 Å². The zero-order valence-electron chi connectivity index (χ0n) is 11.5. The summed E-state index contributed by atoms with van der Waals surface area (Å²) < 4.78 is 5.62. The number of hydrogen-bond donors (Lipinski definition) is 1. The highest BCUT2D eigenvalue weighted by Gasteiger charge is 2.31. The summed E-state index contributed by atoms with van der Waals surface area (Å²) in [7, 11) is 0. The van der Waals surface area contributed by atoms with Crippen molar-refractivity contribution in [1.82, 2.24) is 4.90 Å². The first kappa shape index (κ1) is 13.5. The highest BCUT2D eigenvalue weighted by Crippen LogP contribution is 2.24. The van der Waals surface area contributed by atoms with E-state index < -0.39 is 5.60 Å². The fraction of sp³-hybridized carbons (Fsp3) is 0.600. The lowest BCUT2D eigenvalue weighted by atomic mass is 9.94. The molecule has 3 nitrogen and oxygen atoms in total. The molecule has 1 aromatic carbocycles. The molecule has 1 aliphatic rings. The number of rotatable bonds is 3. The second kappa shape index (κ2) is 5.39. The Morgan fingerprint density at radius 2 is 2.00 bits per heavy atom. The van der Waals surface area contributed by atoms with Crippen molar-refractivity contribution in [3.63, 3.8) is 0 Å². The van der Waals surface area contributed by atoms with E-state index in [4.69, 9.17) is 4.74 Å². The summed E-state index contributed by atoms with van der Waals surface area (Å²) in [5.41, 5.74) is 0.156. The molecular formula is C15H23NO2. The van der Waals surface area contributed by atoms with Crippen molar-refractivity contribution in [2.24, 2.45) is 0 Å². The normalized spacial score (nSPS) is 28.9. The third-order valence-corrected chi connectivity index (χ3v) is 3.64. The van der Waals surface area contributed by atoms with E-state index in [1.54, 1.807) is 0 Å². The molecule has 0 aliphatic carbocycles. The highest BCUT2D eigenvalue weighted by atomic mass is 16.5. The van der Waals surface area contributed by atoms with E-state index in [2.05, 4.69) is 18.7 Å². The number of hydrogen-bond acceptors (Lipinski definition) is 3. The van der Waals surface area contributed by atoms with E-state index >= 15 is 0 Å². The second-order valence-electron chi connectivity index (χ2n) is 5.56. The summed E-state index contributed by atoms with van der Waals surface area (Å²) in [6.07, 6.45) is 0.243. The maximum Gasteiger partial charge on any atom is 0.0994 e. The lowest BCUT2D eigenvalue weighted by Gasteiger charge is -2.40. The molecule has 3 atom stereocenters. The Morgan fingerprint density at radius 3 is 2.67 bits per heavy atom. The zero-order valence-corrected chi connectivity index (χ0v) is 11.5. The van der Waals surface area contributed by atoms with Crippen molar-refractivity contribution in [3.05, 3.63) is 35.9 Å². The van der Waals surface area contributed by atoms with Crippen LogP contribution in [-0.2, 0) is 10.3 Å². The molecule has 0 bridgehead atoms. The van der Waals surface area contributed by atoms with Crippen LogP contribution in [0.3, 0.4) is 0 Å². The minimum Gasteiger partial charge on any atom is -0.384 e. The maximum absolute atomic E-state index is 10.7. The van der Waals surface area contributed by atoms with Crippen LogP contribution in [0.25, 0.3) is 0 Å². The molecule has 0 aromatic heterocycles. The highest BCUT2D eigenvalue weighted by molar-refractivity contribution is 5.21. The first-order chi connectivity index (χ1) is 8.49. The molecule has 18 heavy (non-hydrogen) atoms. The topological polar surface area (TPSA) is 32.7 Å². The lowest BCUT2D eigenvalue weighted by molar-refractivity contribution is -0.0809. The van der Waals surface area contributed by atoms with Gasteiger partial charge in [0.05, 0.1) is 18.3 Å². The number of morpholine rings is 1.